The maximum absolute atomic E-state index is 5.69. The van der Waals surface area contributed by atoms with E-state index in [2.05, 4.69) is 14.2 Å². The number of halogens is 1. The van der Waals surface area contributed by atoms with Gasteiger partial charge >= 0.3 is 0 Å². The predicted molar refractivity (Wildman–Crippen MR) is 54.7 cm³/mol. The molecule has 0 aliphatic carbocycles. The topological polar surface area (TPSA) is 12.9 Å². The highest BCUT2D eigenvalue weighted by Crippen LogP contribution is 2.09. The molecule has 0 aromatic carbocycles. The zero-order valence-electron chi connectivity index (χ0n) is 7.06. The molecule has 0 aliphatic rings. The Kier molecular flexibility index (Phi) is 5.45. The van der Waals surface area contributed by atoms with Crippen molar-refractivity contribution in [3.63, 3.8) is 0 Å². The minimum atomic E-state index is 0.586. The highest BCUT2D eigenvalue weighted by Gasteiger charge is 1.95. The van der Waals surface area contributed by atoms with Crippen LogP contribution < -0.4 is 5.30 Å². The molecule has 0 N–H and O–H groups in total. The van der Waals surface area contributed by atoms with Crippen LogP contribution in [0.25, 0.3) is 0 Å². The summed E-state index contributed by atoms with van der Waals surface area (Å²) in [5.41, 5.74) is 1.03. The van der Waals surface area contributed by atoms with Crippen LogP contribution in [0, 0.1) is 6.92 Å². The molecule has 1 aromatic rings. The van der Waals surface area contributed by atoms with E-state index in [0.29, 0.717) is 5.15 Å². The summed E-state index contributed by atoms with van der Waals surface area (Å²) in [5, 5.41) is 1.69. The molecule has 3 heteroatoms. The molecule has 1 aromatic heterocycles. The Bertz CT molecular complexity index is 205. The van der Waals surface area contributed by atoms with Gasteiger partial charge < -0.3 is 0 Å². The second-order valence-corrected chi connectivity index (χ2v) is 2.80. The molecule has 1 nitrogen and oxygen atoms in total. The molecule has 62 valence electrons. The smallest absolute Gasteiger partial charge is 0.132 e. The number of aromatic nitrogens is 1. The first-order valence-corrected chi connectivity index (χ1v) is 4.54. The molecular weight excluding hydrogens is 177 g/mol. The van der Waals surface area contributed by atoms with Crippen LogP contribution in [0.1, 0.15) is 19.4 Å². The van der Waals surface area contributed by atoms with Crippen LogP contribution in [0.4, 0.5) is 0 Å². The summed E-state index contributed by atoms with van der Waals surface area (Å²) in [6.07, 6.45) is 1.69. The zero-order valence-corrected chi connectivity index (χ0v) is 8.97. The molecule has 0 spiro atoms. The molecule has 0 fully saturated rings. The number of rotatable bonds is 0. The maximum Gasteiger partial charge on any atom is 0.132 e. The molecule has 1 atom stereocenters. The Hall–Kier alpha value is -0.130. The van der Waals surface area contributed by atoms with Crippen molar-refractivity contribution in [1.82, 2.24) is 4.98 Å². The summed E-state index contributed by atoms with van der Waals surface area (Å²) in [6, 6.07) is 1.91. The van der Waals surface area contributed by atoms with Crippen LogP contribution in [0.15, 0.2) is 12.3 Å². The Labute approximate surface area is 75.4 Å². The van der Waals surface area contributed by atoms with E-state index in [0.717, 1.165) is 10.9 Å². The molecule has 0 saturated heterocycles. The van der Waals surface area contributed by atoms with Crippen LogP contribution >= 0.6 is 20.8 Å². The molecule has 0 bridgehead atoms. The first-order chi connectivity index (χ1) is 5.22. The van der Waals surface area contributed by atoms with Crippen molar-refractivity contribution in [1.29, 1.82) is 0 Å². The quantitative estimate of drug-likeness (QED) is 0.452. The van der Waals surface area contributed by atoms with Crippen molar-refractivity contribution < 1.29 is 0 Å². The third-order valence-corrected chi connectivity index (χ3v) is 2.19. The fraction of sp³-hybridized carbons (Fsp3) is 0.375. The van der Waals surface area contributed by atoms with Crippen molar-refractivity contribution in [2.45, 2.75) is 20.8 Å². The lowest BCUT2D eigenvalue weighted by Gasteiger charge is -1.97. The van der Waals surface area contributed by atoms with E-state index in [4.69, 9.17) is 11.6 Å². The van der Waals surface area contributed by atoms with E-state index in [1.54, 1.807) is 6.20 Å². The van der Waals surface area contributed by atoms with Crippen LogP contribution in [-0.2, 0) is 0 Å². The minimum Gasteiger partial charge on any atom is -0.244 e. The lowest BCUT2D eigenvalue weighted by molar-refractivity contribution is 1.29. The first-order valence-electron chi connectivity index (χ1n) is 3.58. The number of hydrogen-bond acceptors (Lipinski definition) is 1. The summed E-state index contributed by atoms with van der Waals surface area (Å²) in [6.45, 7) is 5.94. The monoisotopic (exact) mass is 189 g/mol. The van der Waals surface area contributed by atoms with Crippen LogP contribution in [0.2, 0.25) is 5.15 Å². The molecule has 0 radical (unpaired) electrons. The van der Waals surface area contributed by atoms with E-state index in [9.17, 15) is 0 Å². The van der Waals surface area contributed by atoms with Crippen molar-refractivity contribution in [3.05, 3.63) is 23.0 Å². The van der Waals surface area contributed by atoms with E-state index in [1.807, 2.05) is 26.8 Å². The highest BCUT2D eigenvalue weighted by atomic mass is 35.5. The van der Waals surface area contributed by atoms with Gasteiger partial charge in [0.25, 0.3) is 0 Å². The third kappa shape index (κ3) is 3.18. The summed E-state index contributed by atoms with van der Waals surface area (Å²) in [4.78, 5) is 3.89. The summed E-state index contributed by atoms with van der Waals surface area (Å²) >= 11 is 5.69. The van der Waals surface area contributed by atoms with Crippen LogP contribution in [-0.4, -0.2) is 4.98 Å². The van der Waals surface area contributed by atoms with Gasteiger partial charge in [0.1, 0.15) is 5.15 Å². The van der Waals surface area contributed by atoms with Gasteiger partial charge in [0.05, 0.1) is 0 Å². The third-order valence-electron chi connectivity index (χ3n) is 1.18. The molecule has 1 unspecified atom stereocenters. The van der Waals surface area contributed by atoms with Gasteiger partial charge in [-0.25, -0.2) is 4.98 Å². The average molecular weight is 190 g/mol. The fourth-order valence-corrected chi connectivity index (χ4v) is 1.00. The minimum absolute atomic E-state index is 0.586. The molecule has 11 heavy (non-hydrogen) atoms. The summed E-state index contributed by atoms with van der Waals surface area (Å²) in [7, 11) is 2.60. The first kappa shape index (κ1) is 10.9. The van der Waals surface area contributed by atoms with Crippen molar-refractivity contribution >= 4 is 26.1 Å². The molecule has 1 rings (SSSR count). The zero-order chi connectivity index (χ0) is 8.85. The normalized spacial score (nSPS) is 8.45. The van der Waals surface area contributed by atoms with Gasteiger partial charge in [0.2, 0.25) is 0 Å². The van der Waals surface area contributed by atoms with E-state index >= 15 is 0 Å². The summed E-state index contributed by atoms with van der Waals surface area (Å²) < 4.78 is 0. The lowest BCUT2D eigenvalue weighted by atomic mass is 10.3. The van der Waals surface area contributed by atoms with Gasteiger partial charge in [0, 0.05) is 6.20 Å². The van der Waals surface area contributed by atoms with Gasteiger partial charge in [-0.1, -0.05) is 25.4 Å². The Balaban J connectivity index is 0.000000461. The molecule has 1 heterocycles. The SMILES string of the molecule is CC.Cc1c(P)ccnc1Cl. The van der Waals surface area contributed by atoms with E-state index < -0.39 is 0 Å². The Morgan fingerprint density at radius 1 is 1.45 bits per heavy atom. The van der Waals surface area contributed by atoms with Gasteiger partial charge in [0.15, 0.2) is 0 Å². The van der Waals surface area contributed by atoms with Crippen LogP contribution in [0.3, 0.4) is 0 Å². The second-order valence-electron chi connectivity index (χ2n) is 1.82. The largest absolute Gasteiger partial charge is 0.244 e. The standard InChI is InChI=1S/C6H7ClNP.C2H6/c1-4-5(9)2-3-8-6(4)7;1-2/h2-3H,9H2,1H3;1-2H3. The molecular formula is C8H13ClNP. The van der Waals surface area contributed by atoms with Gasteiger partial charge in [-0.05, 0) is 23.9 Å². The van der Waals surface area contributed by atoms with Crippen molar-refractivity contribution in [2.24, 2.45) is 0 Å². The van der Waals surface area contributed by atoms with Gasteiger partial charge in [-0.3, -0.25) is 0 Å². The fourth-order valence-electron chi connectivity index (χ4n) is 0.524. The number of nitrogens with zero attached hydrogens (tertiary/aromatic N) is 1. The molecule has 0 amide bonds. The van der Waals surface area contributed by atoms with Crippen molar-refractivity contribution in [2.75, 3.05) is 0 Å². The Morgan fingerprint density at radius 2 is 2.00 bits per heavy atom. The van der Waals surface area contributed by atoms with Crippen LogP contribution in [0.5, 0.6) is 0 Å². The number of hydrogen-bond donors (Lipinski definition) is 0. The predicted octanol–water partition coefficient (Wildman–Crippen LogP) is 2.57. The van der Waals surface area contributed by atoms with E-state index in [-0.39, 0.29) is 0 Å². The molecule has 0 saturated carbocycles. The summed E-state index contributed by atoms with van der Waals surface area (Å²) in [5.74, 6) is 0. The van der Waals surface area contributed by atoms with Gasteiger partial charge in [-0.2, -0.15) is 0 Å². The second kappa shape index (κ2) is 5.51. The van der Waals surface area contributed by atoms with Gasteiger partial charge in [-0.15, -0.1) is 9.24 Å². The molecule has 0 aliphatic heterocycles. The lowest BCUT2D eigenvalue weighted by Crippen LogP contribution is -1.97. The Morgan fingerprint density at radius 3 is 2.36 bits per heavy atom. The number of pyridine rings is 1. The van der Waals surface area contributed by atoms with Crippen molar-refractivity contribution in [3.8, 4) is 0 Å². The maximum atomic E-state index is 5.69. The average Bonchev–Trinajstić information content (AvgIpc) is 2.04. The van der Waals surface area contributed by atoms with E-state index in [1.165, 1.54) is 0 Å². The highest BCUT2D eigenvalue weighted by molar-refractivity contribution is 7.27.